The van der Waals surface area contributed by atoms with E-state index in [1.807, 2.05) is 6.07 Å². The first-order valence-corrected chi connectivity index (χ1v) is 11.7. The van der Waals surface area contributed by atoms with Crippen molar-refractivity contribution < 1.29 is 9.53 Å². The molecule has 3 aliphatic rings. The summed E-state index contributed by atoms with van der Waals surface area (Å²) in [6, 6.07) is 10.5. The maximum atomic E-state index is 13.3. The van der Waals surface area contributed by atoms with Crippen LogP contribution in [0.4, 0.5) is 11.6 Å². The van der Waals surface area contributed by atoms with E-state index in [9.17, 15) is 4.79 Å². The monoisotopic (exact) mass is 436 g/mol. The minimum atomic E-state index is -0.0835. The van der Waals surface area contributed by atoms with Crippen molar-refractivity contribution in [3.8, 4) is 0 Å². The Morgan fingerprint density at radius 2 is 1.88 bits per heavy atom. The lowest BCUT2D eigenvalue weighted by Crippen LogP contribution is -2.61. The van der Waals surface area contributed by atoms with Crippen LogP contribution in [0, 0.1) is 5.92 Å². The Morgan fingerprint density at radius 3 is 2.72 bits per heavy atom. The smallest absolute Gasteiger partial charge is 0.225 e. The normalized spacial score (nSPS) is 23.4. The zero-order valence-electron chi connectivity index (χ0n) is 18.5. The molecule has 0 radical (unpaired) electrons. The summed E-state index contributed by atoms with van der Waals surface area (Å²) in [5.41, 5.74) is 2.53. The molecule has 1 aromatic heterocycles. The molecule has 2 aromatic rings. The Labute approximate surface area is 189 Å². The van der Waals surface area contributed by atoms with Crippen molar-refractivity contribution in [2.75, 3.05) is 68.8 Å². The largest absolute Gasteiger partial charge is 0.379 e. The number of anilines is 2. The number of amides is 1. The fourth-order valence-corrected chi connectivity index (χ4v) is 5.16. The highest BCUT2D eigenvalue weighted by Gasteiger charge is 2.41. The van der Waals surface area contributed by atoms with Gasteiger partial charge in [0.2, 0.25) is 11.9 Å². The summed E-state index contributed by atoms with van der Waals surface area (Å²) in [7, 11) is 0. The minimum absolute atomic E-state index is 0.0835. The number of para-hydroxylation sites is 1. The first kappa shape index (κ1) is 21.2. The topological polar surface area (TPSA) is 73.8 Å². The van der Waals surface area contributed by atoms with Crippen molar-refractivity contribution in [3.05, 3.63) is 48.3 Å². The van der Waals surface area contributed by atoms with Crippen LogP contribution in [-0.2, 0) is 16.0 Å². The van der Waals surface area contributed by atoms with Crippen molar-refractivity contribution in [3.63, 3.8) is 0 Å². The number of fused-ring (bicyclic) bond motifs is 3. The molecular weight excluding hydrogens is 404 g/mol. The van der Waals surface area contributed by atoms with Crippen LogP contribution in [0.25, 0.3) is 0 Å². The number of nitrogens with zero attached hydrogens (tertiary/aromatic N) is 5. The highest BCUT2D eigenvalue weighted by atomic mass is 16.5. The number of aromatic nitrogens is 2. The van der Waals surface area contributed by atoms with E-state index in [0.717, 1.165) is 71.3 Å². The Hall–Kier alpha value is -2.71. The molecule has 32 heavy (non-hydrogen) atoms. The molecule has 1 N–H and O–H groups in total. The van der Waals surface area contributed by atoms with Gasteiger partial charge in [0.15, 0.2) is 0 Å². The van der Waals surface area contributed by atoms with Crippen LogP contribution >= 0.6 is 0 Å². The van der Waals surface area contributed by atoms with Gasteiger partial charge in [-0.25, -0.2) is 9.97 Å². The van der Waals surface area contributed by atoms with Crippen LogP contribution in [0.15, 0.2) is 42.7 Å². The summed E-state index contributed by atoms with van der Waals surface area (Å²) in [5, 5.41) is 3.24. The van der Waals surface area contributed by atoms with Crippen molar-refractivity contribution >= 4 is 17.5 Å². The van der Waals surface area contributed by atoms with Crippen LogP contribution < -0.4 is 15.1 Å². The van der Waals surface area contributed by atoms with Crippen LogP contribution in [0.1, 0.15) is 12.0 Å². The van der Waals surface area contributed by atoms with Crippen LogP contribution in [0.3, 0.4) is 0 Å². The van der Waals surface area contributed by atoms with E-state index in [1.54, 1.807) is 12.4 Å². The zero-order valence-corrected chi connectivity index (χ0v) is 18.5. The lowest BCUT2D eigenvalue weighted by Gasteiger charge is -2.49. The fraction of sp³-hybridized carbons (Fsp3) is 0.542. The van der Waals surface area contributed by atoms with Gasteiger partial charge in [-0.05, 0) is 37.1 Å². The molecule has 0 bridgehead atoms. The summed E-state index contributed by atoms with van der Waals surface area (Å²) in [5.74, 6) is 0.822. The predicted molar refractivity (Wildman–Crippen MR) is 124 cm³/mol. The van der Waals surface area contributed by atoms with Crippen molar-refractivity contribution in [1.29, 1.82) is 0 Å². The van der Waals surface area contributed by atoms with E-state index >= 15 is 0 Å². The number of ether oxygens (including phenoxy) is 1. The van der Waals surface area contributed by atoms with E-state index in [2.05, 4.69) is 54.2 Å². The van der Waals surface area contributed by atoms with E-state index in [1.165, 1.54) is 11.3 Å². The summed E-state index contributed by atoms with van der Waals surface area (Å²) in [6.07, 6.45) is 5.30. The molecule has 8 heteroatoms. The van der Waals surface area contributed by atoms with Crippen molar-refractivity contribution in [2.45, 2.75) is 18.9 Å². The standard InChI is InChI=1S/C24H32N6O2/c31-23(25-9-4-10-28-13-15-32-16-14-28)20-17-19-5-1-2-6-21(19)30-12-11-29(18-22(20)30)24-26-7-3-8-27-24/h1-3,5-8,20,22H,4,9-18H2,(H,25,31)/t20-,22-/m1/s1. The lowest BCUT2D eigenvalue weighted by molar-refractivity contribution is -0.125. The van der Waals surface area contributed by atoms with E-state index in [-0.39, 0.29) is 17.9 Å². The number of carbonyl (C=O) groups is 1. The second kappa shape index (κ2) is 9.83. The SMILES string of the molecule is O=C(NCCCN1CCOCC1)[C@@H]1Cc2ccccc2N2CCN(c3ncccn3)C[C@H]12. The number of hydrogen-bond donors (Lipinski definition) is 1. The molecule has 0 spiro atoms. The van der Waals surface area contributed by atoms with Gasteiger partial charge in [0.25, 0.3) is 0 Å². The third-order valence-corrected chi connectivity index (χ3v) is 6.85. The molecule has 5 rings (SSSR count). The first-order valence-electron chi connectivity index (χ1n) is 11.7. The number of piperazine rings is 1. The molecule has 2 atom stereocenters. The maximum absolute atomic E-state index is 13.3. The molecule has 0 saturated carbocycles. The number of carbonyl (C=O) groups excluding carboxylic acids is 1. The van der Waals surface area contributed by atoms with E-state index < -0.39 is 0 Å². The van der Waals surface area contributed by atoms with Gasteiger partial charge in [-0.1, -0.05) is 18.2 Å². The Morgan fingerprint density at radius 1 is 1.06 bits per heavy atom. The molecule has 1 aromatic carbocycles. The molecule has 0 aliphatic carbocycles. The number of morpholine rings is 1. The van der Waals surface area contributed by atoms with Crippen LogP contribution in [-0.4, -0.2) is 85.8 Å². The van der Waals surface area contributed by atoms with Gasteiger partial charge in [0.05, 0.1) is 25.2 Å². The molecular formula is C24H32N6O2. The predicted octanol–water partition coefficient (Wildman–Crippen LogP) is 1.18. The molecule has 170 valence electrons. The van der Waals surface area contributed by atoms with Crippen molar-refractivity contribution in [2.24, 2.45) is 5.92 Å². The lowest BCUT2D eigenvalue weighted by atomic mass is 9.83. The van der Waals surface area contributed by atoms with Crippen LogP contribution in [0.5, 0.6) is 0 Å². The van der Waals surface area contributed by atoms with E-state index in [0.29, 0.717) is 6.54 Å². The Kier molecular flexibility index (Phi) is 6.50. The summed E-state index contributed by atoms with van der Waals surface area (Å²) < 4.78 is 5.41. The van der Waals surface area contributed by atoms with E-state index in [4.69, 9.17) is 4.74 Å². The maximum Gasteiger partial charge on any atom is 0.225 e. The first-order chi connectivity index (χ1) is 15.8. The number of rotatable bonds is 6. The third kappa shape index (κ3) is 4.56. The van der Waals surface area contributed by atoms with Gasteiger partial charge < -0.3 is 19.9 Å². The van der Waals surface area contributed by atoms with Gasteiger partial charge >= 0.3 is 0 Å². The Bertz CT molecular complexity index is 904. The molecule has 1 amide bonds. The van der Waals surface area contributed by atoms with Crippen molar-refractivity contribution in [1.82, 2.24) is 20.2 Å². The summed E-state index contributed by atoms with van der Waals surface area (Å²) in [4.78, 5) is 29.3. The van der Waals surface area contributed by atoms with Crippen LogP contribution in [0.2, 0.25) is 0 Å². The van der Waals surface area contributed by atoms with Gasteiger partial charge in [-0.15, -0.1) is 0 Å². The highest BCUT2D eigenvalue weighted by Crippen LogP contribution is 2.36. The second-order valence-electron chi connectivity index (χ2n) is 8.79. The number of hydrogen-bond acceptors (Lipinski definition) is 7. The van der Waals surface area contributed by atoms with Gasteiger partial charge in [0, 0.05) is 57.3 Å². The second-order valence-corrected chi connectivity index (χ2v) is 8.79. The summed E-state index contributed by atoms with van der Waals surface area (Å²) in [6.45, 7) is 7.79. The molecule has 2 fully saturated rings. The third-order valence-electron chi connectivity index (χ3n) is 6.85. The average Bonchev–Trinajstić information content (AvgIpc) is 2.87. The van der Waals surface area contributed by atoms with Gasteiger partial charge in [-0.2, -0.15) is 0 Å². The molecule has 2 saturated heterocycles. The Balaban J connectivity index is 1.26. The molecule has 3 aliphatic heterocycles. The molecule has 4 heterocycles. The molecule has 8 nitrogen and oxygen atoms in total. The summed E-state index contributed by atoms with van der Waals surface area (Å²) >= 11 is 0. The number of benzene rings is 1. The zero-order chi connectivity index (χ0) is 21.8. The quantitative estimate of drug-likeness (QED) is 0.682. The highest BCUT2D eigenvalue weighted by molar-refractivity contribution is 5.82. The fourth-order valence-electron chi connectivity index (χ4n) is 5.16. The van der Waals surface area contributed by atoms with Gasteiger partial charge in [0.1, 0.15) is 0 Å². The minimum Gasteiger partial charge on any atom is -0.379 e. The average molecular weight is 437 g/mol. The van der Waals surface area contributed by atoms with Gasteiger partial charge in [-0.3, -0.25) is 9.69 Å². The number of nitrogens with one attached hydrogen (secondary N) is 1. The molecule has 0 unspecified atom stereocenters.